The van der Waals surface area contributed by atoms with E-state index in [0.29, 0.717) is 13.2 Å². The molecule has 1 aliphatic heterocycles. The molecule has 162 valence electrons. The third-order valence-corrected chi connectivity index (χ3v) is 4.96. The van der Waals surface area contributed by atoms with E-state index in [0.717, 1.165) is 12.8 Å². The molecule has 5 heteroatoms. The van der Waals surface area contributed by atoms with Crippen molar-refractivity contribution in [2.24, 2.45) is 0 Å². The van der Waals surface area contributed by atoms with E-state index < -0.39 is 11.9 Å². The average molecular weight is 397 g/mol. The monoisotopic (exact) mass is 396 g/mol. The Morgan fingerprint density at radius 1 is 0.857 bits per heavy atom. The molecule has 1 aliphatic rings. The number of ether oxygens (including phenoxy) is 3. The Bertz CT molecular complexity index is 442. The fourth-order valence-corrected chi connectivity index (χ4v) is 3.03. The van der Waals surface area contributed by atoms with Gasteiger partial charge in [-0.25, -0.2) is 4.79 Å². The summed E-state index contributed by atoms with van der Waals surface area (Å²) in [5.74, 6) is -0.961. The minimum Gasteiger partial charge on any atom is -0.463 e. The van der Waals surface area contributed by atoms with Crippen molar-refractivity contribution in [3.63, 3.8) is 0 Å². The second kappa shape index (κ2) is 16.6. The van der Waals surface area contributed by atoms with E-state index in [1.807, 2.05) is 0 Å². The quantitative estimate of drug-likeness (QED) is 0.125. The van der Waals surface area contributed by atoms with Gasteiger partial charge >= 0.3 is 11.9 Å². The van der Waals surface area contributed by atoms with Crippen molar-refractivity contribution < 1.29 is 23.8 Å². The fourth-order valence-electron chi connectivity index (χ4n) is 3.03. The molecule has 1 unspecified atom stereocenters. The maximum absolute atomic E-state index is 11.8. The predicted molar refractivity (Wildman–Crippen MR) is 111 cm³/mol. The zero-order valence-corrected chi connectivity index (χ0v) is 17.8. The summed E-state index contributed by atoms with van der Waals surface area (Å²) in [6, 6.07) is 0. The van der Waals surface area contributed by atoms with Gasteiger partial charge in [-0.2, -0.15) is 0 Å². The molecule has 5 nitrogen and oxygen atoms in total. The smallest absolute Gasteiger partial charge is 0.333 e. The Labute approximate surface area is 171 Å². The number of epoxide rings is 1. The van der Waals surface area contributed by atoms with Gasteiger partial charge in [-0.15, -0.1) is 0 Å². The van der Waals surface area contributed by atoms with E-state index in [1.165, 1.54) is 70.6 Å². The first-order valence-corrected chi connectivity index (χ1v) is 11.3. The zero-order chi connectivity index (χ0) is 20.5. The fraction of sp³-hybridized carbons (Fsp3) is 0.826. The topological polar surface area (TPSA) is 65.1 Å². The molecule has 0 aliphatic carbocycles. The van der Waals surface area contributed by atoms with Crippen molar-refractivity contribution in [3.8, 4) is 0 Å². The standard InChI is InChI=1S/C23H40O5/c1-3-4-5-6-7-8-9-10-11-12-13-14-15-16-26-23(25)20(2)17-22(24)28-19-21-18-27-21/h21H,2-19H2,1H3. The Morgan fingerprint density at radius 3 is 1.86 bits per heavy atom. The van der Waals surface area contributed by atoms with Gasteiger partial charge in [0, 0.05) is 5.57 Å². The molecule has 0 bridgehead atoms. The number of esters is 2. The van der Waals surface area contributed by atoms with E-state index in [1.54, 1.807) is 0 Å². The second-order valence-electron chi connectivity index (χ2n) is 7.80. The van der Waals surface area contributed by atoms with Crippen molar-refractivity contribution in [3.05, 3.63) is 12.2 Å². The van der Waals surface area contributed by atoms with Gasteiger partial charge in [-0.1, -0.05) is 90.6 Å². The zero-order valence-electron chi connectivity index (χ0n) is 17.8. The van der Waals surface area contributed by atoms with Gasteiger partial charge in [0.1, 0.15) is 12.7 Å². The van der Waals surface area contributed by atoms with Gasteiger partial charge in [0.2, 0.25) is 0 Å². The highest BCUT2D eigenvalue weighted by Crippen LogP contribution is 2.13. The van der Waals surface area contributed by atoms with Gasteiger partial charge in [-0.3, -0.25) is 4.79 Å². The molecule has 0 radical (unpaired) electrons. The lowest BCUT2D eigenvalue weighted by atomic mass is 10.0. The molecule has 28 heavy (non-hydrogen) atoms. The van der Waals surface area contributed by atoms with Crippen LogP contribution >= 0.6 is 0 Å². The van der Waals surface area contributed by atoms with Crippen LogP contribution in [0.3, 0.4) is 0 Å². The summed E-state index contributed by atoms with van der Waals surface area (Å²) in [5.41, 5.74) is 0.149. The predicted octanol–water partition coefficient (Wildman–Crippen LogP) is 5.51. The van der Waals surface area contributed by atoms with Gasteiger partial charge in [-0.05, 0) is 6.42 Å². The molecule has 0 N–H and O–H groups in total. The van der Waals surface area contributed by atoms with Crippen LogP contribution in [0, 0.1) is 0 Å². The van der Waals surface area contributed by atoms with Gasteiger partial charge in [0.15, 0.2) is 0 Å². The molecular weight excluding hydrogens is 356 g/mol. The first-order chi connectivity index (χ1) is 13.6. The number of carbonyl (C=O) groups is 2. The molecule has 1 saturated heterocycles. The molecule has 1 heterocycles. The van der Waals surface area contributed by atoms with Gasteiger partial charge in [0.25, 0.3) is 0 Å². The van der Waals surface area contributed by atoms with Crippen molar-refractivity contribution in [1.29, 1.82) is 0 Å². The van der Waals surface area contributed by atoms with Crippen molar-refractivity contribution in [1.82, 2.24) is 0 Å². The molecule has 0 aromatic rings. The van der Waals surface area contributed by atoms with Crippen LogP contribution in [0.25, 0.3) is 0 Å². The van der Waals surface area contributed by atoms with E-state index in [2.05, 4.69) is 13.5 Å². The highest BCUT2D eigenvalue weighted by Gasteiger charge is 2.24. The van der Waals surface area contributed by atoms with E-state index >= 15 is 0 Å². The molecule has 0 spiro atoms. The second-order valence-corrected chi connectivity index (χ2v) is 7.80. The SMILES string of the molecule is C=C(CC(=O)OCC1CO1)C(=O)OCCCCCCCCCCCCCCC. The van der Waals surface area contributed by atoms with Crippen LogP contribution < -0.4 is 0 Å². The Balaban J connectivity index is 1.82. The third kappa shape index (κ3) is 14.7. The average Bonchev–Trinajstić information content (AvgIpc) is 3.51. The number of hydrogen-bond donors (Lipinski definition) is 0. The number of hydrogen-bond acceptors (Lipinski definition) is 5. The van der Waals surface area contributed by atoms with Crippen LogP contribution in [-0.4, -0.2) is 37.9 Å². The molecular formula is C23H40O5. The molecule has 0 aromatic heterocycles. The van der Waals surface area contributed by atoms with Crippen LogP contribution in [0.4, 0.5) is 0 Å². The van der Waals surface area contributed by atoms with Crippen molar-refractivity contribution in [2.45, 2.75) is 103 Å². The Morgan fingerprint density at radius 2 is 1.36 bits per heavy atom. The molecule has 1 rings (SSSR count). The first-order valence-electron chi connectivity index (χ1n) is 11.3. The largest absolute Gasteiger partial charge is 0.463 e. The maximum atomic E-state index is 11.8. The lowest BCUT2D eigenvalue weighted by molar-refractivity contribution is -0.146. The summed E-state index contributed by atoms with van der Waals surface area (Å²) < 4.78 is 15.1. The summed E-state index contributed by atoms with van der Waals surface area (Å²) in [6.07, 6.45) is 16.6. The van der Waals surface area contributed by atoms with Crippen molar-refractivity contribution in [2.75, 3.05) is 19.8 Å². The third-order valence-electron chi connectivity index (χ3n) is 4.96. The summed E-state index contributed by atoms with van der Waals surface area (Å²) >= 11 is 0. The number of rotatable bonds is 19. The first kappa shape index (κ1) is 24.7. The maximum Gasteiger partial charge on any atom is 0.333 e. The van der Waals surface area contributed by atoms with Crippen molar-refractivity contribution >= 4 is 11.9 Å². The molecule has 0 saturated carbocycles. The summed E-state index contributed by atoms with van der Waals surface area (Å²) in [6.45, 7) is 7.15. The molecule has 1 atom stereocenters. The summed E-state index contributed by atoms with van der Waals surface area (Å²) in [7, 11) is 0. The highest BCUT2D eigenvalue weighted by atomic mass is 16.6. The van der Waals surface area contributed by atoms with Gasteiger partial charge in [0.05, 0.1) is 19.6 Å². The number of carbonyl (C=O) groups excluding carboxylic acids is 2. The molecule has 0 amide bonds. The number of unbranched alkanes of at least 4 members (excludes halogenated alkanes) is 12. The Hall–Kier alpha value is -1.36. The van der Waals surface area contributed by atoms with Crippen LogP contribution in [0.2, 0.25) is 0 Å². The normalized spacial score (nSPS) is 15.2. The van der Waals surface area contributed by atoms with E-state index in [9.17, 15) is 9.59 Å². The Kier molecular flexibility index (Phi) is 14.6. The minimum absolute atomic E-state index is 0.0275. The summed E-state index contributed by atoms with van der Waals surface area (Å²) in [5, 5.41) is 0. The van der Waals surface area contributed by atoms with E-state index in [4.69, 9.17) is 14.2 Å². The van der Waals surface area contributed by atoms with E-state index in [-0.39, 0.29) is 24.7 Å². The lowest BCUT2D eigenvalue weighted by Crippen LogP contribution is -2.15. The lowest BCUT2D eigenvalue weighted by Gasteiger charge is -2.07. The highest BCUT2D eigenvalue weighted by molar-refractivity contribution is 5.93. The van der Waals surface area contributed by atoms with Gasteiger partial charge < -0.3 is 14.2 Å². The van der Waals surface area contributed by atoms with Crippen LogP contribution in [-0.2, 0) is 23.8 Å². The molecule has 0 aromatic carbocycles. The molecule has 1 fully saturated rings. The van der Waals surface area contributed by atoms with Crippen LogP contribution in [0.1, 0.15) is 96.8 Å². The van der Waals surface area contributed by atoms with Crippen LogP contribution in [0.5, 0.6) is 0 Å². The minimum atomic E-state index is -0.501. The summed E-state index contributed by atoms with van der Waals surface area (Å²) in [4.78, 5) is 23.3. The van der Waals surface area contributed by atoms with Crippen LogP contribution in [0.15, 0.2) is 12.2 Å².